The predicted octanol–water partition coefficient (Wildman–Crippen LogP) is 3.53. The van der Waals surface area contributed by atoms with Crippen LogP contribution in [0.1, 0.15) is 25.7 Å². The van der Waals surface area contributed by atoms with Gasteiger partial charge in [-0.1, -0.05) is 30.5 Å². The van der Waals surface area contributed by atoms with Crippen LogP contribution in [0.15, 0.2) is 29.2 Å². The van der Waals surface area contributed by atoms with Gasteiger partial charge in [0.15, 0.2) is 0 Å². The van der Waals surface area contributed by atoms with Gasteiger partial charge >= 0.3 is 0 Å². The highest BCUT2D eigenvalue weighted by atomic mass is 35.5. The molecular formula is C13H14ClNOS. The highest BCUT2D eigenvalue weighted by Crippen LogP contribution is 2.31. The van der Waals surface area contributed by atoms with Gasteiger partial charge in [0.25, 0.3) is 0 Å². The van der Waals surface area contributed by atoms with E-state index >= 15 is 0 Å². The van der Waals surface area contributed by atoms with Gasteiger partial charge in [-0.05, 0) is 31.0 Å². The maximum absolute atomic E-state index is 12.4. The number of rotatable bonds is 2. The molecule has 0 amide bonds. The van der Waals surface area contributed by atoms with Crippen LogP contribution in [0.3, 0.4) is 0 Å². The molecule has 3 unspecified atom stereocenters. The van der Waals surface area contributed by atoms with Crippen LogP contribution >= 0.6 is 11.6 Å². The molecule has 2 rings (SSSR count). The van der Waals surface area contributed by atoms with E-state index in [2.05, 4.69) is 6.07 Å². The minimum Gasteiger partial charge on any atom is -0.254 e. The van der Waals surface area contributed by atoms with Crippen LogP contribution in [0.2, 0.25) is 5.02 Å². The van der Waals surface area contributed by atoms with E-state index < -0.39 is 10.8 Å². The minimum atomic E-state index is -1.12. The van der Waals surface area contributed by atoms with Crippen LogP contribution in [0.5, 0.6) is 0 Å². The van der Waals surface area contributed by atoms with E-state index in [0.717, 1.165) is 30.6 Å². The molecule has 0 aromatic heterocycles. The van der Waals surface area contributed by atoms with Crippen molar-refractivity contribution in [1.82, 2.24) is 0 Å². The molecule has 1 fully saturated rings. The number of nitrogens with zero attached hydrogens (tertiary/aromatic N) is 1. The van der Waals surface area contributed by atoms with Crippen molar-refractivity contribution in [3.63, 3.8) is 0 Å². The summed E-state index contributed by atoms with van der Waals surface area (Å²) < 4.78 is 12.4. The molecule has 0 bridgehead atoms. The fraction of sp³-hybridized carbons (Fsp3) is 0.462. The average molecular weight is 268 g/mol. The Kier molecular flexibility index (Phi) is 4.20. The van der Waals surface area contributed by atoms with Crippen molar-refractivity contribution in [2.75, 3.05) is 0 Å². The van der Waals surface area contributed by atoms with E-state index in [1.54, 1.807) is 18.2 Å². The molecule has 1 aromatic carbocycles. The summed E-state index contributed by atoms with van der Waals surface area (Å²) in [6, 6.07) is 9.43. The Morgan fingerprint density at radius 3 is 2.82 bits per heavy atom. The summed E-state index contributed by atoms with van der Waals surface area (Å²) in [6.07, 6.45) is 3.88. The summed E-state index contributed by atoms with van der Waals surface area (Å²) >= 11 is 5.90. The topological polar surface area (TPSA) is 40.9 Å². The molecule has 0 heterocycles. The molecule has 2 nitrogen and oxygen atoms in total. The lowest BCUT2D eigenvalue weighted by atomic mass is 9.90. The monoisotopic (exact) mass is 267 g/mol. The zero-order valence-corrected chi connectivity index (χ0v) is 11.0. The second kappa shape index (κ2) is 5.66. The molecule has 17 heavy (non-hydrogen) atoms. The lowest BCUT2D eigenvalue weighted by Crippen LogP contribution is -2.28. The Hall–Kier alpha value is -0.850. The molecule has 1 aliphatic carbocycles. The van der Waals surface area contributed by atoms with Gasteiger partial charge in [0.2, 0.25) is 0 Å². The summed E-state index contributed by atoms with van der Waals surface area (Å²) in [6.45, 7) is 0. The number of benzene rings is 1. The van der Waals surface area contributed by atoms with Gasteiger partial charge in [0, 0.05) is 9.92 Å². The van der Waals surface area contributed by atoms with Crippen LogP contribution in [0.4, 0.5) is 0 Å². The lowest BCUT2D eigenvalue weighted by Gasteiger charge is -2.25. The standard InChI is InChI=1S/C13H14ClNOS/c14-11-5-3-6-12(8-11)17(16)13-7-2-1-4-10(13)9-15/h3,5-6,8,10,13H,1-2,4,7H2. The molecule has 90 valence electrons. The van der Waals surface area contributed by atoms with Crippen molar-refractivity contribution < 1.29 is 4.21 Å². The van der Waals surface area contributed by atoms with E-state index in [9.17, 15) is 4.21 Å². The fourth-order valence-corrected chi connectivity index (χ4v) is 4.20. The van der Waals surface area contributed by atoms with Crippen molar-refractivity contribution >= 4 is 22.4 Å². The minimum absolute atomic E-state index is 0.0350. The Morgan fingerprint density at radius 1 is 1.35 bits per heavy atom. The third-order valence-corrected chi connectivity index (χ3v) is 5.24. The first-order chi connectivity index (χ1) is 8.22. The molecule has 1 aliphatic rings. The summed E-state index contributed by atoms with van der Waals surface area (Å²) in [5.41, 5.74) is 0. The maximum atomic E-state index is 12.4. The van der Waals surface area contributed by atoms with E-state index in [1.165, 1.54) is 0 Å². The molecule has 0 spiro atoms. The number of halogens is 1. The Morgan fingerprint density at radius 2 is 2.12 bits per heavy atom. The first-order valence-electron chi connectivity index (χ1n) is 5.78. The van der Waals surface area contributed by atoms with Gasteiger partial charge in [0.1, 0.15) is 0 Å². The molecule has 1 saturated carbocycles. The quantitative estimate of drug-likeness (QED) is 0.822. The molecular weight excluding hydrogens is 254 g/mol. The Bertz CT molecular complexity index is 469. The lowest BCUT2D eigenvalue weighted by molar-refractivity contribution is 0.431. The summed E-state index contributed by atoms with van der Waals surface area (Å²) in [5, 5.41) is 9.66. The zero-order chi connectivity index (χ0) is 12.3. The van der Waals surface area contributed by atoms with Gasteiger partial charge in [-0.3, -0.25) is 4.21 Å². The van der Waals surface area contributed by atoms with Crippen LogP contribution in [-0.4, -0.2) is 9.46 Å². The molecule has 0 radical (unpaired) electrons. The third kappa shape index (κ3) is 2.88. The van der Waals surface area contributed by atoms with Crippen LogP contribution in [0.25, 0.3) is 0 Å². The van der Waals surface area contributed by atoms with Gasteiger partial charge in [-0.2, -0.15) is 5.26 Å². The summed E-state index contributed by atoms with van der Waals surface area (Å²) in [4.78, 5) is 0.740. The van der Waals surface area contributed by atoms with Gasteiger partial charge in [0.05, 0.1) is 28.0 Å². The predicted molar refractivity (Wildman–Crippen MR) is 69.2 cm³/mol. The van der Waals surface area contributed by atoms with Crippen LogP contribution in [-0.2, 0) is 10.8 Å². The molecule has 0 N–H and O–H groups in total. The maximum Gasteiger partial charge on any atom is 0.0668 e. The zero-order valence-electron chi connectivity index (χ0n) is 9.43. The molecule has 3 atom stereocenters. The smallest absolute Gasteiger partial charge is 0.0668 e. The van der Waals surface area contributed by atoms with E-state index in [1.807, 2.05) is 6.07 Å². The number of hydrogen-bond donors (Lipinski definition) is 0. The molecule has 1 aromatic rings. The number of nitriles is 1. The SMILES string of the molecule is N#CC1CCCCC1S(=O)c1cccc(Cl)c1. The highest BCUT2D eigenvalue weighted by molar-refractivity contribution is 7.85. The van der Waals surface area contributed by atoms with Gasteiger partial charge < -0.3 is 0 Å². The Balaban J connectivity index is 2.22. The van der Waals surface area contributed by atoms with Crippen LogP contribution < -0.4 is 0 Å². The van der Waals surface area contributed by atoms with Crippen molar-refractivity contribution in [1.29, 1.82) is 5.26 Å². The van der Waals surface area contributed by atoms with E-state index in [4.69, 9.17) is 16.9 Å². The first kappa shape index (κ1) is 12.6. The van der Waals surface area contributed by atoms with Gasteiger partial charge in [-0.15, -0.1) is 0 Å². The second-order valence-corrected chi connectivity index (χ2v) is 6.42. The van der Waals surface area contributed by atoms with E-state index in [0.29, 0.717) is 5.02 Å². The number of hydrogen-bond acceptors (Lipinski definition) is 2. The normalized spacial score (nSPS) is 26.1. The van der Waals surface area contributed by atoms with Crippen molar-refractivity contribution in [3.05, 3.63) is 29.3 Å². The fourth-order valence-electron chi connectivity index (χ4n) is 2.27. The van der Waals surface area contributed by atoms with Crippen molar-refractivity contribution in [2.45, 2.75) is 35.8 Å². The molecule has 0 aliphatic heterocycles. The molecule has 4 heteroatoms. The average Bonchev–Trinajstić information content (AvgIpc) is 2.38. The summed E-state index contributed by atoms with van der Waals surface area (Å²) in [5.74, 6) is -0.0800. The van der Waals surface area contributed by atoms with Crippen molar-refractivity contribution in [3.8, 4) is 6.07 Å². The third-order valence-electron chi connectivity index (χ3n) is 3.17. The van der Waals surface area contributed by atoms with E-state index in [-0.39, 0.29) is 11.2 Å². The largest absolute Gasteiger partial charge is 0.254 e. The Labute approximate surface area is 109 Å². The highest BCUT2D eigenvalue weighted by Gasteiger charge is 2.30. The second-order valence-electron chi connectivity index (χ2n) is 4.31. The summed E-state index contributed by atoms with van der Waals surface area (Å²) in [7, 11) is -1.12. The van der Waals surface area contributed by atoms with Gasteiger partial charge in [-0.25, -0.2) is 0 Å². The first-order valence-corrected chi connectivity index (χ1v) is 7.37. The van der Waals surface area contributed by atoms with Crippen LogP contribution in [0, 0.1) is 17.2 Å². The molecule has 0 saturated heterocycles. The van der Waals surface area contributed by atoms with Crippen molar-refractivity contribution in [2.24, 2.45) is 5.92 Å².